The smallest absolute Gasteiger partial charge is 0.497 e. The molecule has 3 aromatic rings. The molecule has 2 aliphatic rings. The van der Waals surface area contributed by atoms with Crippen LogP contribution in [-0.2, 0) is 58.0 Å². The van der Waals surface area contributed by atoms with E-state index in [0.717, 1.165) is 45.6 Å². The Labute approximate surface area is 397 Å². The molecular formula is C44H54ClN5O17S. The fraction of sp³-hybridized carbons (Fsp3) is 0.523. The Morgan fingerprint density at radius 1 is 0.868 bits per heavy atom. The number of carbonyl (C=O) groups is 5. The van der Waals surface area contributed by atoms with E-state index < -0.39 is 93.3 Å². The summed E-state index contributed by atoms with van der Waals surface area (Å²) in [6.07, 6.45) is -9.11. The largest absolute Gasteiger partial charge is 0.501 e. The Kier molecular flexibility index (Phi) is 16.9. The van der Waals surface area contributed by atoms with Crippen LogP contribution in [0, 0.1) is 5.41 Å². The number of amides is 1. The fourth-order valence-corrected chi connectivity index (χ4v) is 8.69. The number of benzene rings is 3. The number of halogens is 1. The van der Waals surface area contributed by atoms with Crippen molar-refractivity contribution < 1.29 is 78.7 Å². The first-order valence-electron chi connectivity index (χ1n) is 21.0. The van der Waals surface area contributed by atoms with Crippen molar-refractivity contribution >= 4 is 68.2 Å². The average molecular weight is 992 g/mol. The lowest BCUT2D eigenvalue weighted by Gasteiger charge is -2.43. The monoisotopic (exact) mass is 991 g/mol. The fourth-order valence-electron chi connectivity index (χ4n) is 7.69. The highest BCUT2D eigenvalue weighted by Gasteiger charge is 2.56. The molecule has 24 heteroatoms. The van der Waals surface area contributed by atoms with E-state index in [1.807, 2.05) is 13.8 Å². The minimum absolute atomic E-state index is 0.103. The van der Waals surface area contributed by atoms with Crippen LogP contribution in [0.3, 0.4) is 0 Å². The third kappa shape index (κ3) is 13.0. The van der Waals surface area contributed by atoms with E-state index in [9.17, 15) is 32.4 Å². The molecule has 0 aliphatic carbocycles. The summed E-state index contributed by atoms with van der Waals surface area (Å²) in [4.78, 5) is 68.7. The quantitative estimate of drug-likeness (QED) is 0.0361. The van der Waals surface area contributed by atoms with Crippen LogP contribution in [0.4, 0.5) is 5.69 Å². The van der Waals surface area contributed by atoms with Crippen molar-refractivity contribution in [3.05, 3.63) is 64.0 Å². The van der Waals surface area contributed by atoms with Gasteiger partial charge in [0, 0.05) is 85.7 Å². The van der Waals surface area contributed by atoms with Gasteiger partial charge in [0.2, 0.25) is 12.4 Å². The first-order chi connectivity index (χ1) is 31.9. The zero-order valence-corrected chi connectivity index (χ0v) is 40.6. The molecule has 0 spiro atoms. The van der Waals surface area contributed by atoms with Crippen LogP contribution in [0.5, 0.6) is 23.0 Å². The van der Waals surface area contributed by atoms with Crippen LogP contribution in [0.2, 0.25) is 0 Å². The molecule has 1 fully saturated rings. The Balaban J connectivity index is 1.57. The first-order valence-corrected chi connectivity index (χ1v) is 22.8. The molecule has 22 nitrogen and oxygen atoms in total. The molecule has 1 saturated heterocycles. The van der Waals surface area contributed by atoms with E-state index in [1.54, 1.807) is 32.0 Å². The van der Waals surface area contributed by atoms with Gasteiger partial charge in [0.15, 0.2) is 35.6 Å². The molecule has 3 aromatic carbocycles. The van der Waals surface area contributed by atoms with Crippen LogP contribution < -0.4 is 23.2 Å². The number of rotatable bonds is 20. The van der Waals surface area contributed by atoms with Gasteiger partial charge in [-0.15, -0.1) is 20.0 Å². The van der Waals surface area contributed by atoms with Crippen molar-refractivity contribution in [2.45, 2.75) is 90.6 Å². The number of methoxy groups -OCH3 is 2. The second-order valence-electron chi connectivity index (χ2n) is 17.3. The number of azide groups is 1. The molecule has 0 radical (unpaired) electrons. The molecule has 5 rings (SSSR count). The maximum Gasteiger partial charge on any atom is 0.501 e. The third-order valence-electron chi connectivity index (χ3n) is 10.4. The predicted octanol–water partition coefficient (Wildman–Crippen LogP) is 5.57. The van der Waals surface area contributed by atoms with Gasteiger partial charge in [-0.1, -0.05) is 32.8 Å². The average Bonchev–Trinajstić information content (AvgIpc) is 3.67. The highest BCUT2D eigenvalue weighted by atomic mass is 35.5. The van der Waals surface area contributed by atoms with Gasteiger partial charge in [-0.2, -0.15) is 0 Å². The van der Waals surface area contributed by atoms with Crippen LogP contribution >= 0.6 is 11.6 Å². The molecule has 370 valence electrons. The summed E-state index contributed by atoms with van der Waals surface area (Å²) in [6, 6.07) is 9.88. The standard InChI is InChI=1S/C44H54ClN5O17S/c1-23(51)61-36-37(62-24(2)52)39(63-25(3)53)42(65-38(36)41(55)59-10)64-32-14-11-26(40(54)50(8)20-43(4,5)21-60-22-44(6,7)48-49-46)15-34(32)67-68(56,57)66-33-17-31-35(27(18-45)19-47-31)30-16-28(58-9)12-13-29(30)33/h11-17,27,36-39,42,47H,18-22H2,1-10H3/t27-,36+,37+,38+,39-,42-/m1/s1. The lowest BCUT2D eigenvalue weighted by Crippen LogP contribution is -2.64. The first kappa shape index (κ1) is 52.7. The maximum absolute atomic E-state index is 14.2. The second kappa shape index (κ2) is 21.8. The van der Waals surface area contributed by atoms with E-state index in [1.165, 1.54) is 31.2 Å². The van der Waals surface area contributed by atoms with Crippen molar-refractivity contribution in [2.24, 2.45) is 10.5 Å². The number of fused-ring (bicyclic) bond motifs is 3. The second-order valence-corrected chi connectivity index (χ2v) is 18.8. The molecule has 0 aromatic heterocycles. The van der Waals surface area contributed by atoms with Gasteiger partial charge >= 0.3 is 34.3 Å². The summed E-state index contributed by atoms with van der Waals surface area (Å²) in [7, 11) is -1.19. The summed E-state index contributed by atoms with van der Waals surface area (Å²) >= 11 is 6.31. The predicted molar refractivity (Wildman–Crippen MR) is 242 cm³/mol. The molecule has 68 heavy (non-hydrogen) atoms. The molecule has 2 aliphatic heterocycles. The molecule has 1 amide bonds. The van der Waals surface area contributed by atoms with Crippen molar-refractivity contribution in [3.8, 4) is 23.0 Å². The molecular weight excluding hydrogens is 938 g/mol. The molecule has 0 saturated carbocycles. The Bertz CT molecular complexity index is 2570. The minimum Gasteiger partial charge on any atom is -0.497 e. The van der Waals surface area contributed by atoms with Gasteiger partial charge in [-0.3, -0.25) is 19.2 Å². The number of anilines is 1. The van der Waals surface area contributed by atoms with Crippen LogP contribution in [0.15, 0.2) is 47.6 Å². The molecule has 1 N–H and O–H groups in total. The SMILES string of the molecule is COC(=O)[C@H]1O[C@@H](Oc2ccc(C(=O)N(C)CC(C)(C)COCC(C)(C)N=[N+]=[N-])cc2OS(=O)(=O)Oc2cc3c(c4cc(OC)ccc24)[C@H](CCl)CN3)[C@H](OC(C)=O)[C@@H](OC(C)=O)[C@@H]1OC(C)=O. The Morgan fingerprint density at radius 2 is 1.51 bits per heavy atom. The van der Waals surface area contributed by atoms with Gasteiger partial charge in [0.1, 0.15) is 5.75 Å². The van der Waals surface area contributed by atoms with Gasteiger partial charge in [-0.25, -0.2) is 4.79 Å². The zero-order chi connectivity index (χ0) is 50.3. The van der Waals surface area contributed by atoms with Gasteiger partial charge in [0.25, 0.3) is 5.91 Å². The summed E-state index contributed by atoms with van der Waals surface area (Å²) in [5.41, 5.74) is 8.66. The number of hydrogen-bond acceptors (Lipinski definition) is 19. The van der Waals surface area contributed by atoms with Gasteiger partial charge < -0.3 is 56.5 Å². The summed E-state index contributed by atoms with van der Waals surface area (Å²) < 4.78 is 84.1. The lowest BCUT2D eigenvalue weighted by atomic mass is 9.93. The number of ether oxygens (including phenoxy) is 8. The maximum atomic E-state index is 14.2. The van der Waals surface area contributed by atoms with Crippen LogP contribution in [-0.4, -0.2) is 133 Å². The minimum atomic E-state index is -5.19. The molecule has 0 unspecified atom stereocenters. The lowest BCUT2D eigenvalue weighted by molar-refractivity contribution is -0.282. The van der Waals surface area contributed by atoms with E-state index in [2.05, 4.69) is 15.3 Å². The van der Waals surface area contributed by atoms with Crippen molar-refractivity contribution in [1.29, 1.82) is 0 Å². The molecule has 0 bridgehead atoms. The Hall–Kier alpha value is -6.26. The van der Waals surface area contributed by atoms with Crippen LogP contribution in [0.1, 0.15) is 70.3 Å². The summed E-state index contributed by atoms with van der Waals surface area (Å²) in [5, 5.41) is 7.90. The third-order valence-corrected chi connectivity index (χ3v) is 11.5. The topological polar surface area (TPSA) is 276 Å². The van der Waals surface area contributed by atoms with E-state index in [0.29, 0.717) is 28.8 Å². The highest BCUT2D eigenvalue weighted by Crippen LogP contribution is 2.45. The molecule has 2 heterocycles. The van der Waals surface area contributed by atoms with Gasteiger partial charge in [0.05, 0.1) is 33.0 Å². The number of hydrogen-bond donors (Lipinski definition) is 1. The summed E-state index contributed by atoms with van der Waals surface area (Å²) in [6.45, 7) is 11.0. The van der Waals surface area contributed by atoms with E-state index in [-0.39, 0.29) is 42.9 Å². The van der Waals surface area contributed by atoms with E-state index >= 15 is 0 Å². The highest BCUT2D eigenvalue weighted by molar-refractivity contribution is 7.82. The van der Waals surface area contributed by atoms with Gasteiger partial charge in [-0.05, 0) is 52.9 Å². The Morgan fingerprint density at radius 3 is 2.13 bits per heavy atom. The summed E-state index contributed by atoms with van der Waals surface area (Å²) in [5.74, 6) is -5.28. The number of carbonyl (C=O) groups excluding carboxylic acids is 5. The number of esters is 4. The number of nitrogens with one attached hydrogen (secondary N) is 1. The normalized spacial score (nSPS) is 20.1. The zero-order valence-electron chi connectivity index (χ0n) is 39.1. The number of nitrogens with zero attached hydrogens (tertiary/aromatic N) is 4. The molecule has 6 atom stereocenters. The van der Waals surface area contributed by atoms with Crippen LogP contribution in [0.25, 0.3) is 21.2 Å². The van der Waals surface area contributed by atoms with Crippen molar-refractivity contribution in [2.75, 3.05) is 58.8 Å². The number of alkyl halides is 1. The van der Waals surface area contributed by atoms with Crippen molar-refractivity contribution in [3.63, 3.8) is 0 Å². The van der Waals surface area contributed by atoms with Crippen molar-refractivity contribution in [1.82, 2.24) is 4.90 Å². The van der Waals surface area contributed by atoms with E-state index in [4.69, 9.17) is 63.4 Å².